The molecule has 1 N–H and O–H groups in total. The molecular weight excluding hydrogens is 453 g/mol. The Labute approximate surface area is 203 Å². The van der Waals surface area contributed by atoms with E-state index in [0.717, 1.165) is 41.6 Å². The lowest BCUT2D eigenvalue weighted by atomic mass is 10.1. The molecule has 0 aliphatic carbocycles. The Balaban J connectivity index is 1.54. The number of nitrogens with zero attached hydrogens (tertiary/aromatic N) is 4. The largest absolute Gasteiger partial charge is 0.484 e. The number of rotatable bonds is 10. The molecule has 2 aromatic carbocycles. The van der Waals surface area contributed by atoms with Gasteiger partial charge in [-0.15, -0.1) is 0 Å². The van der Waals surface area contributed by atoms with E-state index in [0.29, 0.717) is 23.8 Å². The lowest BCUT2D eigenvalue weighted by molar-refractivity contribution is 0.280. The summed E-state index contributed by atoms with van der Waals surface area (Å²) in [7, 11) is 0. The van der Waals surface area contributed by atoms with Crippen LogP contribution in [0.3, 0.4) is 0 Å². The monoisotopic (exact) mass is 477 g/mol. The number of hydrogen-bond acceptors (Lipinski definition) is 5. The van der Waals surface area contributed by atoms with Gasteiger partial charge in [-0.05, 0) is 60.8 Å². The van der Waals surface area contributed by atoms with E-state index in [2.05, 4.69) is 22.2 Å². The van der Waals surface area contributed by atoms with Crippen LogP contribution in [-0.4, -0.2) is 21.1 Å². The molecule has 2 heterocycles. The van der Waals surface area contributed by atoms with E-state index in [1.165, 1.54) is 6.07 Å². The molecule has 4 aromatic rings. The highest BCUT2D eigenvalue weighted by molar-refractivity contribution is 6.30. The number of hydrogen-bond donors (Lipinski definition) is 1. The van der Waals surface area contributed by atoms with Gasteiger partial charge in [0.25, 0.3) is 0 Å². The molecule has 0 saturated carbocycles. The van der Waals surface area contributed by atoms with E-state index in [-0.39, 0.29) is 18.2 Å². The minimum absolute atomic E-state index is 0.101. The highest BCUT2D eigenvalue weighted by Crippen LogP contribution is 2.23. The van der Waals surface area contributed by atoms with Crippen molar-refractivity contribution in [3.63, 3.8) is 0 Å². The molecule has 0 spiro atoms. The zero-order chi connectivity index (χ0) is 23.9. The summed E-state index contributed by atoms with van der Waals surface area (Å²) in [5.74, 6) is -0.104. The first-order valence-electron chi connectivity index (χ1n) is 11.2. The first kappa shape index (κ1) is 23.7. The van der Waals surface area contributed by atoms with Crippen LogP contribution in [0.2, 0.25) is 5.02 Å². The van der Waals surface area contributed by atoms with Crippen LogP contribution < -0.4 is 10.1 Å². The minimum atomic E-state index is -0.397. The number of halogens is 2. The predicted molar refractivity (Wildman–Crippen MR) is 130 cm³/mol. The van der Waals surface area contributed by atoms with Gasteiger partial charge in [0.2, 0.25) is 5.82 Å². The first-order valence-corrected chi connectivity index (χ1v) is 11.6. The Morgan fingerprint density at radius 1 is 1.15 bits per heavy atom. The van der Waals surface area contributed by atoms with Gasteiger partial charge < -0.3 is 14.6 Å². The van der Waals surface area contributed by atoms with Crippen molar-refractivity contribution >= 4 is 22.6 Å². The van der Waals surface area contributed by atoms with Crippen LogP contribution in [0.15, 0.2) is 54.7 Å². The van der Waals surface area contributed by atoms with Gasteiger partial charge in [0.15, 0.2) is 11.6 Å². The SMILES string of the molecule is CCCNCc1ccc(OCc2cc3cnc(C#N)nc3n2CCc2ccc(Cl)cc2)c(F)c1. The smallest absolute Gasteiger partial charge is 0.234 e. The van der Waals surface area contributed by atoms with Crippen LogP contribution in [0.1, 0.15) is 36.0 Å². The molecule has 2 aromatic heterocycles. The summed E-state index contributed by atoms with van der Waals surface area (Å²) < 4.78 is 22.5. The summed E-state index contributed by atoms with van der Waals surface area (Å²) >= 11 is 6.00. The summed E-state index contributed by atoms with van der Waals surface area (Å²) in [6.07, 6.45) is 3.38. The van der Waals surface area contributed by atoms with Crippen molar-refractivity contribution in [2.45, 2.75) is 39.5 Å². The van der Waals surface area contributed by atoms with Crippen LogP contribution in [0.4, 0.5) is 4.39 Å². The van der Waals surface area contributed by atoms with Gasteiger partial charge in [-0.2, -0.15) is 5.26 Å². The zero-order valence-corrected chi connectivity index (χ0v) is 19.6. The van der Waals surface area contributed by atoms with E-state index >= 15 is 0 Å². The summed E-state index contributed by atoms with van der Waals surface area (Å²) in [4.78, 5) is 8.47. The highest BCUT2D eigenvalue weighted by Gasteiger charge is 2.14. The molecule has 0 fully saturated rings. The maximum atomic E-state index is 14.6. The standard InChI is InChI=1S/C26H25ClFN5O/c1-2-10-30-15-19-5-8-24(23(28)12-19)34-17-22-13-20-16-31-25(14-29)32-26(20)33(22)11-9-18-3-6-21(27)7-4-18/h3-8,12-13,16,30H,2,9-11,15,17H2,1H3. The minimum Gasteiger partial charge on any atom is -0.484 e. The molecule has 6 nitrogen and oxygen atoms in total. The molecule has 0 unspecified atom stereocenters. The van der Waals surface area contributed by atoms with Crippen LogP contribution in [0.25, 0.3) is 11.0 Å². The van der Waals surface area contributed by atoms with Crippen molar-refractivity contribution in [2.24, 2.45) is 0 Å². The Hall–Kier alpha value is -3.47. The molecule has 8 heteroatoms. The molecule has 0 atom stereocenters. The Bertz CT molecular complexity index is 1310. The van der Waals surface area contributed by atoms with E-state index in [1.807, 2.05) is 47.0 Å². The van der Waals surface area contributed by atoms with Crippen molar-refractivity contribution in [1.82, 2.24) is 19.9 Å². The van der Waals surface area contributed by atoms with Gasteiger partial charge in [-0.25, -0.2) is 14.4 Å². The second-order valence-electron chi connectivity index (χ2n) is 7.98. The zero-order valence-electron chi connectivity index (χ0n) is 18.9. The van der Waals surface area contributed by atoms with E-state index in [4.69, 9.17) is 16.3 Å². The molecule has 0 radical (unpaired) electrons. The van der Waals surface area contributed by atoms with Crippen molar-refractivity contribution in [3.8, 4) is 11.8 Å². The Morgan fingerprint density at radius 2 is 1.94 bits per heavy atom. The quantitative estimate of drug-likeness (QED) is 0.309. The fourth-order valence-electron chi connectivity index (χ4n) is 3.74. The molecule has 0 aliphatic heterocycles. The predicted octanol–water partition coefficient (Wildman–Crippen LogP) is 5.42. The third kappa shape index (κ3) is 5.71. The number of fused-ring (bicyclic) bond motifs is 1. The second-order valence-corrected chi connectivity index (χ2v) is 8.41. The molecular formula is C26H25ClFN5O. The molecule has 4 rings (SSSR count). The third-order valence-electron chi connectivity index (χ3n) is 5.49. The van der Waals surface area contributed by atoms with Crippen molar-refractivity contribution < 1.29 is 9.13 Å². The van der Waals surface area contributed by atoms with Crippen molar-refractivity contribution in [3.05, 3.63) is 88.2 Å². The fraction of sp³-hybridized carbons (Fsp3) is 0.269. The first-order chi connectivity index (χ1) is 16.6. The van der Waals surface area contributed by atoms with E-state index < -0.39 is 5.82 Å². The Kier molecular flexibility index (Phi) is 7.73. The van der Waals surface area contributed by atoms with Crippen LogP contribution in [0.5, 0.6) is 5.75 Å². The second kappa shape index (κ2) is 11.1. The van der Waals surface area contributed by atoms with Crippen molar-refractivity contribution in [2.75, 3.05) is 6.54 Å². The fourth-order valence-corrected chi connectivity index (χ4v) is 3.87. The van der Waals surface area contributed by atoms with Crippen molar-refractivity contribution in [1.29, 1.82) is 5.26 Å². The maximum Gasteiger partial charge on any atom is 0.234 e. The number of aryl methyl sites for hydroxylation is 2. The third-order valence-corrected chi connectivity index (χ3v) is 5.74. The van der Waals surface area contributed by atoms with E-state index in [1.54, 1.807) is 12.3 Å². The lowest BCUT2D eigenvalue weighted by Gasteiger charge is -2.13. The maximum absolute atomic E-state index is 14.6. The Morgan fingerprint density at radius 3 is 2.68 bits per heavy atom. The number of nitriles is 1. The average Bonchev–Trinajstić information content (AvgIpc) is 3.19. The van der Waals surface area contributed by atoms with Crippen LogP contribution >= 0.6 is 11.6 Å². The lowest BCUT2D eigenvalue weighted by Crippen LogP contribution is -2.14. The van der Waals surface area contributed by atoms with Gasteiger partial charge in [0, 0.05) is 29.7 Å². The number of benzene rings is 2. The average molecular weight is 478 g/mol. The number of aromatic nitrogens is 3. The summed E-state index contributed by atoms with van der Waals surface area (Å²) in [5, 5.41) is 14.0. The highest BCUT2D eigenvalue weighted by atomic mass is 35.5. The summed E-state index contributed by atoms with van der Waals surface area (Å²) in [5.41, 5.74) is 3.46. The molecule has 0 saturated heterocycles. The molecule has 34 heavy (non-hydrogen) atoms. The number of ether oxygens (including phenoxy) is 1. The van der Waals surface area contributed by atoms with Gasteiger partial charge in [0.05, 0.1) is 5.69 Å². The van der Waals surface area contributed by atoms with E-state index in [9.17, 15) is 9.65 Å². The molecule has 0 bridgehead atoms. The molecule has 0 amide bonds. The van der Waals surface area contributed by atoms with Gasteiger partial charge in [0.1, 0.15) is 18.3 Å². The topological polar surface area (TPSA) is 75.8 Å². The normalized spacial score (nSPS) is 11.0. The van der Waals surface area contributed by atoms with Gasteiger partial charge >= 0.3 is 0 Å². The molecule has 174 valence electrons. The van der Waals surface area contributed by atoms with Crippen LogP contribution in [-0.2, 0) is 26.1 Å². The van der Waals surface area contributed by atoms with Crippen LogP contribution in [0, 0.1) is 17.1 Å². The van der Waals surface area contributed by atoms with Gasteiger partial charge in [-0.3, -0.25) is 0 Å². The molecule has 0 aliphatic rings. The number of nitrogens with one attached hydrogen (secondary N) is 1. The summed E-state index contributed by atoms with van der Waals surface area (Å²) in [6.45, 7) is 4.35. The van der Waals surface area contributed by atoms with Gasteiger partial charge in [-0.1, -0.05) is 36.7 Å². The summed E-state index contributed by atoms with van der Waals surface area (Å²) in [6, 6.07) is 16.6.